The van der Waals surface area contributed by atoms with Crippen molar-refractivity contribution in [2.24, 2.45) is 5.92 Å². The van der Waals surface area contributed by atoms with Crippen LogP contribution in [0.3, 0.4) is 0 Å². The SMILES string of the molecule is CC(CO)CNCc1ccc(C(=O)O)cc1Br. The van der Waals surface area contributed by atoms with Crippen LogP contribution in [0.4, 0.5) is 0 Å². The van der Waals surface area contributed by atoms with Crippen LogP contribution < -0.4 is 5.32 Å². The number of carboxylic acid groups (broad SMARTS) is 1. The molecule has 0 aliphatic heterocycles. The second-order valence-corrected chi connectivity index (χ2v) is 4.88. The summed E-state index contributed by atoms with van der Waals surface area (Å²) in [6.45, 7) is 3.48. The molecule has 0 aromatic heterocycles. The van der Waals surface area contributed by atoms with Crippen molar-refractivity contribution in [2.75, 3.05) is 13.2 Å². The van der Waals surface area contributed by atoms with Crippen molar-refractivity contribution in [1.82, 2.24) is 5.32 Å². The van der Waals surface area contributed by atoms with E-state index in [2.05, 4.69) is 21.2 Å². The van der Waals surface area contributed by atoms with Gasteiger partial charge in [0.15, 0.2) is 0 Å². The summed E-state index contributed by atoms with van der Waals surface area (Å²) < 4.78 is 0.779. The molecule has 0 aliphatic carbocycles. The predicted octanol–water partition coefficient (Wildman–Crippen LogP) is 1.87. The van der Waals surface area contributed by atoms with E-state index in [0.717, 1.165) is 16.6 Å². The van der Waals surface area contributed by atoms with E-state index in [9.17, 15) is 4.79 Å². The molecule has 1 aromatic carbocycles. The Morgan fingerprint density at radius 1 is 1.53 bits per heavy atom. The maximum Gasteiger partial charge on any atom is 0.335 e. The molecule has 1 atom stereocenters. The number of hydrogen-bond donors (Lipinski definition) is 3. The topological polar surface area (TPSA) is 69.6 Å². The lowest BCUT2D eigenvalue weighted by Gasteiger charge is -2.11. The Kier molecular flexibility index (Phi) is 5.61. The summed E-state index contributed by atoms with van der Waals surface area (Å²) in [6, 6.07) is 4.96. The highest BCUT2D eigenvalue weighted by molar-refractivity contribution is 9.10. The molecule has 0 saturated carbocycles. The van der Waals surface area contributed by atoms with Gasteiger partial charge in [0.1, 0.15) is 0 Å². The molecule has 0 amide bonds. The molecule has 1 rings (SSSR count). The van der Waals surface area contributed by atoms with Gasteiger partial charge in [-0.3, -0.25) is 0 Å². The lowest BCUT2D eigenvalue weighted by atomic mass is 10.1. The first-order chi connectivity index (χ1) is 8.04. The fourth-order valence-electron chi connectivity index (χ4n) is 1.34. The highest BCUT2D eigenvalue weighted by atomic mass is 79.9. The Balaban J connectivity index is 2.57. The van der Waals surface area contributed by atoms with Gasteiger partial charge in [-0.25, -0.2) is 4.79 Å². The average molecular weight is 302 g/mol. The minimum absolute atomic E-state index is 0.159. The summed E-state index contributed by atoms with van der Waals surface area (Å²) in [5.74, 6) is -0.716. The maximum absolute atomic E-state index is 10.7. The molecule has 5 heteroatoms. The normalized spacial score (nSPS) is 12.4. The summed E-state index contributed by atoms with van der Waals surface area (Å²) >= 11 is 3.35. The molecule has 0 spiro atoms. The third kappa shape index (κ3) is 4.46. The molecule has 94 valence electrons. The fourth-order valence-corrected chi connectivity index (χ4v) is 1.86. The van der Waals surface area contributed by atoms with Crippen LogP contribution in [-0.2, 0) is 6.54 Å². The number of benzene rings is 1. The Morgan fingerprint density at radius 3 is 2.76 bits per heavy atom. The van der Waals surface area contributed by atoms with Gasteiger partial charge in [-0.2, -0.15) is 0 Å². The summed E-state index contributed by atoms with van der Waals surface area (Å²) in [4.78, 5) is 10.7. The van der Waals surface area contributed by atoms with Gasteiger partial charge < -0.3 is 15.5 Å². The van der Waals surface area contributed by atoms with E-state index < -0.39 is 5.97 Å². The van der Waals surface area contributed by atoms with Gasteiger partial charge in [0, 0.05) is 24.2 Å². The number of carbonyl (C=O) groups is 1. The van der Waals surface area contributed by atoms with E-state index in [-0.39, 0.29) is 18.1 Å². The Morgan fingerprint density at radius 2 is 2.24 bits per heavy atom. The number of rotatable bonds is 6. The molecule has 0 heterocycles. The first kappa shape index (κ1) is 14.2. The van der Waals surface area contributed by atoms with Gasteiger partial charge in [0.2, 0.25) is 0 Å². The molecule has 0 fully saturated rings. The van der Waals surface area contributed by atoms with Gasteiger partial charge in [-0.05, 0) is 23.6 Å². The van der Waals surface area contributed by atoms with Crippen LogP contribution in [0.25, 0.3) is 0 Å². The Labute approximate surface area is 109 Å². The summed E-state index contributed by atoms with van der Waals surface area (Å²) in [5, 5.41) is 20.9. The van der Waals surface area contributed by atoms with E-state index >= 15 is 0 Å². The molecule has 17 heavy (non-hydrogen) atoms. The van der Waals surface area contributed by atoms with Gasteiger partial charge in [-0.1, -0.05) is 28.9 Å². The van der Waals surface area contributed by atoms with E-state index in [1.165, 1.54) is 0 Å². The largest absolute Gasteiger partial charge is 0.478 e. The Hall–Kier alpha value is -0.910. The van der Waals surface area contributed by atoms with Crippen molar-refractivity contribution in [3.05, 3.63) is 33.8 Å². The average Bonchev–Trinajstić information content (AvgIpc) is 2.30. The monoisotopic (exact) mass is 301 g/mol. The molecule has 1 unspecified atom stereocenters. The maximum atomic E-state index is 10.7. The number of hydrogen-bond acceptors (Lipinski definition) is 3. The molecule has 0 saturated heterocycles. The van der Waals surface area contributed by atoms with Gasteiger partial charge >= 0.3 is 5.97 Å². The smallest absolute Gasteiger partial charge is 0.335 e. The number of aliphatic hydroxyl groups excluding tert-OH is 1. The summed E-state index contributed by atoms with van der Waals surface area (Å²) in [7, 11) is 0. The first-order valence-electron chi connectivity index (χ1n) is 5.38. The van der Waals surface area contributed by atoms with Gasteiger partial charge in [0.25, 0.3) is 0 Å². The van der Waals surface area contributed by atoms with Crippen molar-refractivity contribution in [3.63, 3.8) is 0 Å². The van der Waals surface area contributed by atoms with Crippen molar-refractivity contribution in [1.29, 1.82) is 0 Å². The van der Waals surface area contributed by atoms with Crippen molar-refractivity contribution < 1.29 is 15.0 Å². The third-order valence-electron chi connectivity index (χ3n) is 2.42. The van der Waals surface area contributed by atoms with Crippen LogP contribution in [0.2, 0.25) is 0 Å². The second kappa shape index (κ2) is 6.74. The van der Waals surface area contributed by atoms with Crippen LogP contribution in [0.1, 0.15) is 22.8 Å². The standard InChI is InChI=1S/C12H16BrNO3/c1-8(7-15)5-14-6-10-3-2-9(12(16)17)4-11(10)13/h2-4,8,14-15H,5-7H2,1H3,(H,16,17). The molecule has 0 aliphatic rings. The predicted molar refractivity (Wildman–Crippen MR) is 69.1 cm³/mol. The van der Waals surface area contributed by atoms with Gasteiger partial charge in [0.05, 0.1) is 5.56 Å². The molecule has 0 radical (unpaired) electrons. The number of aromatic carboxylic acids is 1. The number of aliphatic hydroxyl groups is 1. The summed E-state index contributed by atoms with van der Waals surface area (Å²) in [6.07, 6.45) is 0. The van der Waals surface area contributed by atoms with Crippen LogP contribution >= 0.6 is 15.9 Å². The third-order valence-corrected chi connectivity index (χ3v) is 3.16. The van der Waals surface area contributed by atoms with E-state index in [1.807, 2.05) is 6.92 Å². The summed E-state index contributed by atoms with van der Waals surface area (Å²) in [5.41, 5.74) is 1.27. The van der Waals surface area contributed by atoms with Crippen molar-refractivity contribution in [3.8, 4) is 0 Å². The minimum Gasteiger partial charge on any atom is -0.478 e. The highest BCUT2D eigenvalue weighted by Gasteiger charge is 2.07. The lowest BCUT2D eigenvalue weighted by molar-refractivity contribution is 0.0697. The molecule has 1 aromatic rings. The van der Waals surface area contributed by atoms with Crippen LogP contribution in [0, 0.1) is 5.92 Å². The van der Waals surface area contributed by atoms with E-state index in [1.54, 1.807) is 18.2 Å². The zero-order valence-electron chi connectivity index (χ0n) is 9.61. The van der Waals surface area contributed by atoms with Crippen molar-refractivity contribution in [2.45, 2.75) is 13.5 Å². The number of nitrogens with one attached hydrogen (secondary N) is 1. The lowest BCUT2D eigenvalue weighted by Crippen LogP contribution is -2.22. The number of carboxylic acids is 1. The molecule has 3 N–H and O–H groups in total. The number of halogens is 1. The first-order valence-corrected chi connectivity index (χ1v) is 6.17. The fraction of sp³-hybridized carbons (Fsp3) is 0.417. The highest BCUT2D eigenvalue weighted by Crippen LogP contribution is 2.18. The Bertz CT molecular complexity index is 395. The van der Waals surface area contributed by atoms with Crippen LogP contribution in [-0.4, -0.2) is 29.3 Å². The molecule has 4 nitrogen and oxygen atoms in total. The van der Waals surface area contributed by atoms with Gasteiger partial charge in [-0.15, -0.1) is 0 Å². The second-order valence-electron chi connectivity index (χ2n) is 4.03. The zero-order valence-corrected chi connectivity index (χ0v) is 11.2. The van der Waals surface area contributed by atoms with E-state index in [0.29, 0.717) is 6.54 Å². The molecular weight excluding hydrogens is 286 g/mol. The van der Waals surface area contributed by atoms with Crippen LogP contribution in [0.15, 0.2) is 22.7 Å². The molecule has 0 bridgehead atoms. The van der Waals surface area contributed by atoms with Crippen LogP contribution in [0.5, 0.6) is 0 Å². The molecular formula is C12H16BrNO3. The quantitative estimate of drug-likeness (QED) is 0.750. The minimum atomic E-state index is -0.931. The van der Waals surface area contributed by atoms with Crippen molar-refractivity contribution >= 4 is 21.9 Å². The van der Waals surface area contributed by atoms with E-state index in [4.69, 9.17) is 10.2 Å². The zero-order chi connectivity index (χ0) is 12.8.